The minimum absolute atomic E-state index is 0.00364. The molecule has 238 valence electrons. The molecule has 2 fully saturated rings. The fourth-order valence-corrected chi connectivity index (χ4v) is 5.78. The summed E-state index contributed by atoms with van der Waals surface area (Å²) in [7, 11) is 0. The van der Waals surface area contributed by atoms with Gasteiger partial charge in [-0.1, -0.05) is 65.0 Å². The van der Waals surface area contributed by atoms with E-state index in [1.54, 1.807) is 63.2 Å². The Labute approximate surface area is 260 Å². The van der Waals surface area contributed by atoms with Gasteiger partial charge in [-0.3, -0.25) is 14.4 Å². The summed E-state index contributed by atoms with van der Waals surface area (Å²) in [5.74, 6) is -1.26. The fourth-order valence-electron chi connectivity index (χ4n) is 5.78. The van der Waals surface area contributed by atoms with Crippen molar-refractivity contribution in [1.82, 2.24) is 20.2 Å². The molecule has 2 aromatic carbocycles. The molecule has 10 heteroatoms. The maximum Gasteiger partial charge on any atom is 0.429 e. The molecule has 3 unspecified atom stereocenters. The molecule has 2 saturated heterocycles. The SMILES string of the molecule is CC(C)C[C@H](NC(=O)c1ccc(C(C)(C)C)cc1)C(=O)N1C2C(O)CN(C(=O)c3ccccc3)C2CN1C(=O)OC(C)(C)C. The second-order valence-electron chi connectivity index (χ2n) is 14.2. The van der Waals surface area contributed by atoms with Crippen LogP contribution in [-0.4, -0.2) is 86.8 Å². The highest BCUT2D eigenvalue weighted by Crippen LogP contribution is 2.35. The zero-order chi connectivity index (χ0) is 32.6. The summed E-state index contributed by atoms with van der Waals surface area (Å²) in [6.45, 7) is 15.3. The van der Waals surface area contributed by atoms with Crippen molar-refractivity contribution >= 4 is 23.8 Å². The van der Waals surface area contributed by atoms with Crippen molar-refractivity contribution in [1.29, 1.82) is 0 Å². The number of β-amino-alcohol motifs (C(OH)–C–C–N with tert-alkyl or cyclic N) is 1. The lowest BCUT2D eigenvalue weighted by Gasteiger charge is -2.36. The van der Waals surface area contributed by atoms with Crippen molar-refractivity contribution < 1.29 is 29.0 Å². The van der Waals surface area contributed by atoms with Crippen molar-refractivity contribution in [2.75, 3.05) is 13.1 Å². The Morgan fingerprint density at radius 2 is 1.52 bits per heavy atom. The second kappa shape index (κ2) is 12.6. The Balaban J connectivity index is 1.66. The Morgan fingerprint density at radius 1 is 0.909 bits per heavy atom. The Bertz CT molecular complexity index is 1360. The van der Waals surface area contributed by atoms with E-state index < -0.39 is 47.7 Å². The second-order valence-corrected chi connectivity index (χ2v) is 14.2. The van der Waals surface area contributed by atoms with Crippen LogP contribution in [0.25, 0.3) is 0 Å². The topological polar surface area (TPSA) is 119 Å². The van der Waals surface area contributed by atoms with Gasteiger partial charge in [0.05, 0.1) is 18.7 Å². The number of benzene rings is 2. The van der Waals surface area contributed by atoms with Crippen LogP contribution in [0.1, 0.15) is 88.1 Å². The van der Waals surface area contributed by atoms with Crippen molar-refractivity contribution in [2.24, 2.45) is 5.92 Å². The van der Waals surface area contributed by atoms with Gasteiger partial charge in [-0.25, -0.2) is 14.8 Å². The molecule has 2 heterocycles. The molecule has 0 bridgehead atoms. The van der Waals surface area contributed by atoms with Crippen LogP contribution in [0.4, 0.5) is 4.79 Å². The highest BCUT2D eigenvalue weighted by atomic mass is 16.6. The van der Waals surface area contributed by atoms with E-state index in [1.807, 2.05) is 26.0 Å². The molecule has 4 atom stereocenters. The molecule has 4 amide bonds. The molecule has 0 saturated carbocycles. The number of rotatable bonds is 6. The number of fused-ring (bicyclic) bond motifs is 1. The van der Waals surface area contributed by atoms with E-state index in [0.717, 1.165) is 5.56 Å². The molecule has 0 radical (unpaired) electrons. The first-order valence-corrected chi connectivity index (χ1v) is 15.3. The quantitative estimate of drug-likeness (QED) is 0.504. The van der Waals surface area contributed by atoms with E-state index in [1.165, 1.54) is 14.9 Å². The highest BCUT2D eigenvalue weighted by molar-refractivity contribution is 5.98. The number of hydrogen-bond donors (Lipinski definition) is 2. The third-order valence-electron chi connectivity index (χ3n) is 7.91. The number of hydrazine groups is 1. The van der Waals surface area contributed by atoms with E-state index in [9.17, 15) is 24.3 Å². The maximum absolute atomic E-state index is 14.4. The van der Waals surface area contributed by atoms with Gasteiger partial charge in [-0.05, 0) is 68.4 Å². The lowest BCUT2D eigenvalue weighted by atomic mass is 9.86. The predicted octanol–water partition coefficient (Wildman–Crippen LogP) is 4.38. The normalized spacial score (nSPS) is 20.9. The van der Waals surface area contributed by atoms with Crippen LogP contribution in [0, 0.1) is 5.92 Å². The van der Waals surface area contributed by atoms with Crippen molar-refractivity contribution in [2.45, 2.75) is 97.1 Å². The van der Waals surface area contributed by atoms with E-state index >= 15 is 0 Å². The predicted molar refractivity (Wildman–Crippen MR) is 167 cm³/mol. The number of nitrogens with zero attached hydrogens (tertiary/aromatic N) is 3. The van der Waals surface area contributed by atoms with Crippen LogP contribution in [0.5, 0.6) is 0 Å². The summed E-state index contributed by atoms with van der Waals surface area (Å²) in [4.78, 5) is 56.3. The third kappa shape index (κ3) is 7.23. The summed E-state index contributed by atoms with van der Waals surface area (Å²) in [5, 5.41) is 16.6. The largest absolute Gasteiger partial charge is 0.442 e. The van der Waals surface area contributed by atoms with Gasteiger partial charge in [-0.2, -0.15) is 0 Å². The number of aliphatic hydroxyl groups excluding tert-OH is 1. The summed E-state index contributed by atoms with van der Waals surface area (Å²) in [6, 6.07) is 13.4. The first-order valence-electron chi connectivity index (χ1n) is 15.3. The Hall–Kier alpha value is -3.92. The Morgan fingerprint density at radius 3 is 2.07 bits per heavy atom. The first kappa shape index (κ1) is 33.0. The number of ether oxygens (including phenoxy) is 1. The minimum Gasteiger partial charge on any atom is -0.442 e. The number of aliphatic hydroxyl groups is 1. The molecule has 2 aliphatic heterocycles. The highest BCUT2D eigenvalue weighted by Gasteiger charge is 2.57. The van der Waals surface area contributed by atoms with E-state index in [0.29, 0.717) is 17.5 Å². The van der Waals surface area contributed by atoms with Crippen LogP contribution in [0.3, 0.4) is 0 Å². The van der Waals surface area contributed by atoms with E-state index in [-0.39, 0.29) is 30.3 Å². The van der Waals surface area contributed by atoms with E-state index in [4.69, 9.17) is 4.74 Å². The summed E-state index contributed by atoms with van der Waals surface area (Å²) >= 11 is 0. The number of amides is 4. The number of carbonyl (C=O) groups excluding carboxylic acids is 4. The van der Waals surface area contributed by atoms with Crippen molar-refractivity contribution in [3.8, 4) is 0 Å². The lowest BCUT2D eigenvalue weighted by Crippen LogP contribution is -2.58. The molecular formula is C34H46N4O6. The van der Waals surface area contributed by atoms with Gasteiger partial charge in [0.15, 0.2) is 0 Å². The summed E-state index contributed by atoms with van der Waals surface area (Å²) < 4.78 is 5.65. The first-order chi connectivity index (χ1) is 20.5. The molecule has 0 aromatic heterocycles. The average Bonchev–Trinajstić information content (AvgIpc) is 3.48. The van der Waals surface area contributed by atoms with Crippen molar-refractivity contribution in [3.63, 3.8) is 0 Å². The van der Waals surface area contributed by atoms with Gasteiger partial charge in [0, 0.05) is 17.7 Å². The number of likely N-dealkylation sites (tertiary alicyclic amines) is 1. The molecule has 2 aromatic rings. The molecule has 2 N–H and O–H groups in total. The summed E-state index contributed by atoms with van der Waals surface area (Å²) in [6.07, 6.45) is -1.60. The third-order valence-corrected chi connectivity index (χ3v) is 7.91. The minimum atomic E-state index is -1.12. The zero-order valence-corrected chi connectivity index (χ0v) is 27.0. The molecule has 2 aliphatic rings. The summed E-state index contributed by atoms with van der Waals surface area (Å²) in [5.41, 5.74) is 0.983. The van der Waals surface area contributed by atoms with Crippen LogP contribution < -0.4 is 5.32 Å². The van der Waals surface area contributed by atoms with Crippen molar-refractivity contribution in [3.05, 3.63) is 71.3 Å². The Kier molecular flexibility index (Phi) is 9.44. The van der Waals surface area contributed by atoms with Gasteiger partial charge >= 0.3 is 6.09 Å². The number of hydrogen-bond acceptors (Lipinski definition) is 6. The smallest absolute Gasteiger partial charge is 0.429 e. The molecule has 4 rings (SSSR count). The molecular weight excluding hydrogens is 560 g/mol. The van der Waals surface area contributed by atoms with Crippen LogP contribution >= 0.6 is 0 Å². The lowest BCUT2D eigenvalue weighted by molar-refractivity contribution is -0.152. The van der Waals surface area contributed by atoms with Gasteiger partial charge in [-0.15, -0.1) is 0 Å². The monoisotopic (exact) mass is 606 g/mol. The number of nitrogens with one attached hydrogen (secondary N) is 1. The van der Waals surface area contributed by atoms with E-state index in [2.05, 4.69) is 26.1 Å². The van der Waals surface area contributed by atoms with Gasteiger partial charge in [0.2, 0.25) is 0 Å². The van der Waals surface area contributed by atoms with Gasteiger partial charge < -0.3 is 20.1 Å². The van der Waals surface area contributed by atoms with Crippen LogP contribution in [-0.2, 0) is 14.9 Å². The average molecular weight is 607 g/mol. The maximum atomic E-state index is 14.4. The zero-order valence-electron chi connectivity index (χ0n) is 27.0. The molecule has 10 nitrogen and oxygen atoms in total. The fraction of sp³-hybridized carbons (Fsp3) is 0.529. The van der Waals surface area contributed by atoms with Crippen LogP contribution in [0.15, 0.2) is 54.6 Å². The van der Waals surface area contributed by atoms with Gasteiger partial charge in [0.1, 0.15) is 17.7 Å². The molecule has 44 heavy (non-hydrogen) atoms. The van der Waals surface area contributed by atoms with Gasteiger partial charge in [0.25, 0.3) is 17.7 Å². The number of carbonyl (C=O) groups is 4. The molecule has 0 spiro atoms. The van der Waals surface area contributed by atoms with Crippen LogP contribution in [0.2, 0.25) is 0 Å². The molecule has 0 aliphatic carbocycles. The standard InChI is InChI=1S/C34H46N4O6/c1-21(2)18-25(35-29(40)22-14-16-24(17-15-22)33(3,4)5)31(42)38-28-26(19-37(38)32(43)44-34(6,7)8)36(20-27(28)39)30(41)23-12-10-9-11-13-23/h9-17,21,25-28,39H,18-20H2,1-8H3,(H,35,40)/t25-,26?,27?,28?/m0/s1.